The van der Waals surface area contributed by atoms with Gasteiger partial charge in [0.25, 0.3) is 5.91 Å². The second-order valence-corrected chi connectivity index (χ2v) is 10.4. The summed E-state index contributed by atoms with van der Waals surface area (Å²) in [5.74, 6) is -0.129. The first kappa shape index (κ1) is 21.7. The van der Waals surface area contributed by atoms with Crippen molar-refractivity contribution in [3.8, 4) is 0 Å². The Morgan fingerprint density at radius 2 is 1.69 bits per heavy atom. The van der Waals surface area contributed by atoms with Crippen LogP contribution in [0.1, 0.15) is 50.7 Å². The smallest absolute Gasteiger partial charge is 0.264 e. The van der Waals surface area contributed by atoms with Crippen LogP contribution in [0.4, 0.5) is 0 Å². The summed E-state index contributed by atoms with van der Waals surface area (Å²) in [7, 11) is -3.64. The summed E-state index contributed by atoms with van der Waals surface area (Å²) in [6.07, 6.45) is 2.00. The van der Waals surface area contributed by atoms with E-state index in [0.29, 0.717) is 18.7 Å². The molecular weight excluding hydrogens is 408 g/mol. The van der Waals surface area contributed by atoms with Gasteiger partial charge in [-0.1, -0.05) is 25.5 Å². The number of thiophene rings is 1. The number of ketones is 1. The molecule has 0 radical (unpaired) electrons. The van der Waals surface area contributed by atoms with E-state index in [2.05, 4.69) is 6.92 Å². The monoisotopic (exact) mass is 434 g/mol. The Labute approximate surface area is 176 Å². The fourth-order valence-corrected chi connectivity index (χ4v) is 5.90. The Morgan fingerprint density at radius 3 is 2.24 bits per heavy atom. The number of amides is 1. The van der Waals surface area contributed by atoms with E-state index >= 15 is 0 Å². The zero-order valence-electron chi connectivity index (χ0n) is 17.0. The molecule has 1 aromatic heterocycles. The minimum absolute atomic E-state index is 0.0247. The largest absolute Gasteiger partial charge is 0.335 e. The van der Waals surface area contributed by atoms with E-state index in [4.69, 9.17) is 0 Å². The lowest BCUT2D eigenvalue weighted by atomic mass is 10.1. The van der Waals surface area contributed by atoms with Gasteiger partial charge < -0.3 is 4.90 Å². The lowest BCUT2D eigenvalue weighted by molar-refractivity contribution is 0.0702. The lowest BCUT2D eigenvalue weighted by Gasteiger charge is -2.33. The molecule has 0 bridgehead atoms. The first-order valence-electron chi connectivity index (χ1n) is 9.73. The van der Waals surface area contributed by atoms with Crippen molar-refractivity contribution < 1.29 is 18.0 Å². The minimum Gasteiger partial charge on any atom is -0.335 e. The molecule has 29 heavy (non-hydrogen) atoms. The molecule has 1 aliphatic heterocycles. The van der Waals surface area contributed by atoms with Crippen LogP contribution in [0.15, 0.2) is 35.2 Å². The number of Topliss-reactive ketones (excluding diaryl/α,β-unsaturated/α-hetero) is 1. The molecule has 0 unspecified atom stereocenters. The average Bonchev–Trinajstić information content (AvgIpc) is 3.08. The van der Waals surface area contributed by atoms with E-state index in [1.54, 1.807) is 4.90 Å². The van der Waals surface area contributed by atoms with Crippen molar-refractivity contribution in [2.45, 2.75) is 38.5 Å². The molecule has 0 N–H and O–H groups in total. The molecule has 1 fully saturated rings. The Hall–Kier alpha value is -2.03. The highest BCUT2D eigenvalue weighted by atomic mass is 32.2. The quantitative estimate of drug-likeness (QED) is 0.654. The molecule has 1 aliphatic rings. The highest BCUT2D eigenvalue weighted by molar-refractivity contribution is 7.89. The number of hydrogen-bond acceptors (Lipinski definition) is 5. The van der Waals surface area contributed by atoms with Crippen molar-refractivity contribution in [2.75, 3.05) is 26.2 Å². The van der Waals surface area contributed by atoms with Gasteiger partial charge in [-0.3, -0.25) is 9.59 Å². The summed E-state index contributed by atoms with van der Waals surface area (Å²) in [5.41, 5.74) is 1.70. The lowest BCUT2D eigenvalue weighted by Crippen LogP contribution is -2.50. The summed E-state index contributed by atoms with van der Waals surface area (Å²) >= 11 is 1.51. The summed E-state index contributed by atoms with van der Waals surface area (Å²) in [4.78, 5) is 28.0. The number of nitrogens with zero attached hydrogens (tertiary/aromatic N) is 2. The first-order valence-corrected chi connectivity index (χ1v) is 12.0. The van der Waals surface area contributed by atoms with E-state index in [9.17, 15) is 18.0 Å². The van der Waals surface area contributed by atoms with Gasteiger partial charge in [-0.15, -0.1) is 11.3 Å². The van der Waals surface area contributed by atoms with Crippen molar-refractivity contribution in [1.82, 2.24) is 9.21 Å². The molecule has 0 aliphatic carbocycles. The Kier molecular flexibility index (Phi) is 6.55. The molecular formula is C21H26N2O4S2. The van der Waals surface area contributed by atoms with Crippen molar-refractivity contribution in [1.29, 1.82) is 0 Å². The zero-order chi connectivity index (χ0) is 21.2. The van der Waals surface area contributed by atoms with Crippen LogP contribution in [0.3, 0.4) is 0 Å². The van der Waals surface area contributed by atoms with Crippen LogP contribution in [0, 0.1) is 6.92 Å². The number of carbonyl (C=O) groups is 2. The maximum Gasteiger partial charge on any atom is 0.264 e. The molecule has 0 saturated carbocycles. The fourth-order valence-electron chi connectivity index (χ4n) is 3.44. The topological polar surface area (TPSA) is 74.8 Å². The Bertz CT molecular complexity index is 1000. The van der Waals surface area contributed by atoms with Gasteiger partial charge in [0.1, 0.15) is 0 Å². The first-order chi connectivity index (χ1) is 13.7. The van der Waals surface area contributed by atoms with Gasteiger partial charge in [0.15, 0.2) is 5.78 Å². The van der Waals surface area contributed by atoms with Gasteiger partial charge in [0, 0.05) is 36.6 Å². The van der Waals surface area contributed by atoms with Crippen LogP contribution < -0.4 is 0 Å². The third-order valence-corrected chi connectivity index (χ3v) is 8.17. The normalized spacial score (nSPS) is 15.5. The van der Waals surface area contributed by atoms with Crippen molar-refractivity contribution >= 4 is 33.1 Å². The van der Waals surface area contributed by atoms with Crippen molar-refractivity contribution in [3.05, 3.63) is 51.2 Å². The molecule has 156 valence electrons. The molecule has 0 spiro atoms. The standard InChI is InChI=1S/C21H26N2O4S2/c1-4-5-18-14-20(28-16(18)3)21(25)22-10-12-23(13-11-22)29(26,27)19-8-6-17(7-9-19)15(2)24/h6-9,14H,4-5,10-13H2,1-3H3. The second kappa shape index (κ2) is 8.77. The summed E-state index contributed by atoms with van der Waals surface area (Å²) < 4.78 is 27.2. The number of rotatable bonds is 6. The molecule has 1 saturated heterocycles. The number of benzene rings is 1. The van der Waals surface area contributed by atoms with Crippen LogP contribution >= 0.6 is 11.3 Å². The molecule has 8 heteroatoms. The van der Waals surface area contributed by atoms with Gasteiger partial charge in [-0.25, -0.2) is 8.42 Å². The molecule has 1 amide bonds. The number of carbonyl (C=O) groups excluding carboxylic acids is 2. The van der Waals surface area contributed by atoms with Gasteiger partial charge >= 0.3 is 0 Å². The maximum atomic E-state index is 12.9. The molecule has 2 aromatic rings. The van der Waals surface area contributed by atoms with E-state index in [1.807, 2.05) is 13.0 Å². The van der Waals surface area contributed by atoms with E-state index in [0.717, 1.165) is 17.7 Å². The number of hydrogen-bond donors (Lipinski definition) is 0. The maximum absolute atomic E-state index is 12.9. The minimum atomic E-state index is -3.64. The predicted octanol–water partition coefficient (Wildman–Crippen LogP) is 3.36. The second-order valence-electron chi connectivity index (χ2n) is 7.22. The van der Waals surface area contributed by atoms with Crippen LogP contribution in [-0.4, -0.2) is 55.5 Å². The van der Waals surface area contributed by atoms with Gasteiger partial charge in [0.2, 0.25) is 10.0 Å². The summed E-state index contributed by atoms with van der Waals surface area (Å²) in [5, 5.41) is 0. The molecule has 1 aromatic carbocycles. The third-order valence-electron chi connectivity index (χ3n) is 5.18. The number of sulfonamides is 1. The van der Waals surface area contributed by atoms with Gasteiger partial charge in [0.05, 0.1) is 9.77 Å². The van der Waals surface area contributed by atoms with Gasteiger partial charge in [-0.2, -0.15) is 4.31 Å². The predicted molar refractivity (Wildman–Crippen MR) is 114 cm³/mol. The number of aryl methyl sites for hydroxylation is 2. The van der Waals surface area contributed by atoms with Crippen molar-refractivity contribution in [3.63, 3.8) is 0 Å². The molecule has 6 nitrogen and oxygen atoms in total. The SMILES string of the molecule is CCCc1cc(C(=O)N2CCN(S(=O)(=O)c3ccc(C(C)=O)cc3)CC2)sc1C. The molecule has 0 atom stereocenters. The van der Waals surface area contributed by atoms with E-state index < -0.39 is 10.0 Å². The van der Waals surface area contributed by atoms with E-state index in [1.165, 1.54) is 57.3 Å². The summed E-state index contributed by atoms with van der Waals surface area (Å²) in [6.45, 7) is 6.84. The highest BCUT2D eigenvalue weighted by Crippen LogP contribution is 2.25. The van der Waals surface area contributed by atoms with Crippen LogP contribution in [0.5, 0.6) is 0 Å². The summed E-state index contributed by atoms with van der Waals surface area (Å²) in [6, 6.07) is 7.97. The average molecular weight is 435 g/mol. The Balaban J connectivity index is 1.67. The van der Waals surface area contributed by atoms with Crippen LogP contribution in [0.25, 0.3) is 0 Å². The fraction of sp³-hybridized carbons (Fsp3) is 0.429. The third kappa shape index (κ3) is 4.60. The zero-order valence-corrected chi connectivity index (χ0v) is 18.6. The number of piperazine rings is 1. The van der Waals surface area contributed by atoms with Gasteiger partial charge in [-0.05, 0) is 44.0 Å². The Morgan fingerprint density at radius 1 is 1.07 bits per heavy atom. The highest BCUT2D eigenvalue weighted by Gasteiger charge is 2.31. The van der Waals surface area contributed by atoms with Crippen LogP contribution in [-0.2, 0) is 16.4 Å². The van der Waals surface area contributed by atoms with Crippen molar-refractivity contribution in [2.24, 2.45) is 0 Å². The van der Waals surface area contributed by atoms with E-state index in [-0.39, 0.29) is 29.7 Å². The molecule has 3 rings (SSSR count). The molecule has 2 heterocycles. The van der Waals surface area contributed by atoms with Crippen LogP contribution in [0.2, 0.25) is 0 Å².